The van der Waals surface area contributed by atoms with Crippen LogP contribution in [0.1, 0.15) is 36.8 Å². The number of nitrogens with one attached hydrogen (secondary N) is 3. The molecule has 0 aliphatic carbocycles. The number of carbonyl (C=O) groups is 4. The fourth-order valence-electron chi connectivity index (χ4n) is 4.12. The number of rotatable bonds is 14. The summed E-state index contributed by atoms with van der Waals surface area (Å²) in [6, 6.07) is 12.5. The fourth-order valence-corrected chi connectivity index (χ4v) is 4.12. The first-order chi connectivity index (χ1) is 20.5. The zero-order chi connectivity index (χ0) is 31.4. The number of carboxylic acids is 1. The molecule has 43 heavy (non-hydrogen) atoms. The van der Waals surface area contributed by atoms with Gasteiger partial charge in [0.1, 0.15) is 24.3 Å². The number of guanidine groups is 1. The van der Waals surface area contributed by atoms with Gasteiger partial charge in [0.2, 0.25) is 11.8 Å². The zero-order valence-electron chi connectivity index (χ0n) is 23.5. The van der Waals surface area contributed by atoms with Crippen molar-refractivity contribution in [2.24, 2.45) is 16.5 Å². The van der Waals surface area contributed by atoms with Gasteiger partial charge >= 0.3 is 17.7 Å². The van der Waals surface area contributed by atoms with Crippen LogP contribution in [-0.4, -0.2) is 53.6 Å². The van der Waals surface area contributed by atoms with E-state index < -0.39 is 48.0 Å². The van der Waals surface area contributed by atoms with Gasteiger partial charge in [-0.25, -0.2) is 9.59 Å². The number of ether oxygens (including phenoxy) is 1. The summed E-state index contributed by atoms with van der Waals surface area (Å²) in [6.45, 7) is 1.86. The molecule has 0 unspecified atom stereocenters. The molecule has 3 aromatic rings. The second-order valence-electron chi connectivity index (χ2n) is 9.65. The molecule has 0 spiro atoms. The Hall–Kier alpha value is -5.40. The number of amides is 3. The number of anilines is 1. The molecule has 0 bridgehead atoms. The molecule has 3 rings (SSSR count). The Kier molecular flexibility index (Phi) is 11.6. The summed E-state index contributed by atoms with van der Waals surface area (Å²) in [4.78, 5) is 65.9. The third-order valence-corrected chi connectivity index (χ3v) is 6.27. The summed E-state index contributed by atoms with van der Waals surface area (Å²) in [5, 5.41) is 17.5. The Labute approximate surface area is 246 Å². The SMILES string of the molecule is Cc1cc(=O)oc2cc(NC(=O)[C@H](CCCN=C(N)N)NC(=O)[C@H](CCC(=O)O)NC(=O)OCc3ccccc3)ccc12. The molecule has 0 saturated carbocycles. The molecule has 14 heteroatoms. The van der Waals surface area contributed by atoms with E-state index in [9.17, 15) is 24.0 Å². The van der Waals surface area contributed by atoms with Gasteiger partial charge < -0.3 is 41.7 Å². The van der Waals surface area contributed by atoms with Crippen LogP contribution in [0.5, 0.6) is 0 Å². The van der Waals surface area contributed by atoms with E-state index in [4.69, 9.17) is 25.7 Å². The molecule has 0 radical (unpaired) electrons. The molecular weight excluding hydrogens is 560 g/mol. The lowest BCUT2D eigenvalue weighted by molar-refractivity contribution is -0.137. The molecule has 0 saturated heterocycles. The first-order valence-corrected chi connectivity index (χ1v) is 13.4. The van der Waals surface area contributed by atoms with Crippen molar-refractivity contribution in [3.63, 3.8) is 0 Å². The van der Waals surface area contributed by atoms with Gasteiger partial charge in [0, 0.05) is 36.2 Å². The maximum Gasteiger partial charge on any atom is 0.408 e. The van der Waals surface area contributed by atoms with Crippen LogP contribution < -0.4 is 33.0 Å². The highest BCUT2D eigenvalue weighted by molar-refractivity contribution is 5.99. The minimum Gasteiger partial charge on any atom is -0.481 e. The van der Waals surface area contributed by atoms with Crippen molar-refractivity contribution < 1.29 is 33.4 Å². The summed E-state index contributed by atoms with van der Waals surface area (Å²) in [7, 11) is 0. The van der Waals surface area contributed by atoms with Crippen molar-refractivity contribution in [2.45, 2.75) is 51.3 Å². The molecule has 8 N–H and O–H groups in total. The Morgan fingerprint density at radius 3 is 2.40 bits per heavy atom. The van der Waals surface area contributed by atoms with E-state index in [0.29, 0.717) is 28.6 Å². The van der Waals surface area contributed by atoms with Gasteiger partial charge in [-0.3, -0.25) is 19.4 Å². The Morgan fingerprint density at radius 2 is 1.70 bits per heavy atom. The van der Waals surface area contributed by atoms with Crippen molar-refractivity contribution in [3.05, 3.63) is 76.1 Å². The lowest BCUT2D eigenvalue weighted by Gasteiger charge is -2.23. The molecule has 14 nitrogen and oxygen atoms in total. The van der Waals surface area contributed by atoms with Gasteiger partial charge in [-0.2, -0.15) is 0 Å². The van der Waals surface area contributed by atoms with Crippen LogP contribution in [0.4, 0.5) is 10.5 Å². The number of aliphatic carboxylic acids is 1. The van der Waals surface area contributed by atoms with Crippen LogP contribution in [0.15, 0.2) is 68.8 Å². The molecule has 0 aliphatic rings. The van der Waals surface area contributed by atoms with Crippen LogP contribution in [0.2, 0.25) is 0 Å². The number of carbonyl (C=O) groups excluding carboxylic acids is 3. The first-order valence-electron chi connectivity index (χ1n) is 13.4. The lowest BCUT2D eigenvalue weighted by Crippen LogP contribution is -2.52. The maximum atomic E-state index is 13.3. The van der Waals surface area contributed by atoms with Crippen LogP contribution in [-0.2, 0) is 25.7 Å². The summed E-state index contributed by atoms with van der Waals surface area (Å²) >= 11 is 0. The third kappa shape index (κ3) is 10.5. The molecule has 1 aromatic heterocycles. The predicted octanol–water partition coefficient (Wildman–Crippen LogP) is 1.74. The van der Waals surface area contributed by atoms with Gasteiger partial charge in [0.25, 0.3) is 0 Å². The topological polar surface area (TPSA) is 228 Å². The van der Waals surface area contributed by atoms with Crippen molar-refractivity contribution in [3.8, 4) is 0 Å². The third-order valence-electron chi connectivity index (χ3n) is 6.27. The Bertz CT molecular complexity index is 1530. The van der Waals surface area contributed by atoms with Crippen LogP contribution >= 0.6 is 0 Å². The van der Waals surface area contributed by atoms with Gasteiger partial charge in [-0.15, -0.1) is 0 Å². The summed E-state index contributed by atoms with van der Waals surface area (Å²) in [5.41, 5.74) is 12.2. The standard InChI is InChI=1S/C29H34N6O8/c1-17-14-25(38)43-23-15-19(9-10-20(17)23)33-26(39)21(8-5-13-32-28(30)31)34-27(40)22(11-12-24(36)37)35-29(41)42-16-18-6-3-2-4-7-18/h2-4,6-7,9-10,14-15,21-22H,5,8,11-13,16H2,1H3,(H,33,39)(H,34,40)(H,35,41)(H,36,37)(H4,30,31,32)/t21-,22-/m0/s1. The number of aliphatic imine (C=N–C) groups is 1. The molecule has 3 amide bonds. The number of carboxylic acid groups (broad SMARTS) is 1. The number of nitrogens with zero attached hydrogens (tertiary/aromatic N) is 1. The minimum atomic E-state index is -1.31. The highest BCUT2D eigenvalue weighted by atomic mass is 16.5. The van der Waals surface area contributed by atoms with E-state index in [-0.39, 0.29) is 37.5 Å². The van der Waals surface area contributed by atoms with Crippen LogP contribution in [0.25, 0.3) is 11.0 Å². The highest BCUT2D eigenvalue weighted by Gasteiger charge is 2.28. The smallest absolute Gasteiger partial charge is 0.408 e. The van der Waals surface area contributed by atoms with Gasteiger partial charge in [0.15, 0.2) is 5.96 Å². The first kappa shape index (κ1) is 32.1. The Morgan fingerprint density at radius 1 is 0.977 bits per heavy atom. The van der Waals surface area contributed by atoms with E-state index in [1.54, 1.807) is 49.4 Å². The van der Waals surface area contributed by atoms with E-state index in [2.05, 4.69) is 20.9 Å². The number of fused-ring (bicyclic) bond motifs is 1. The van der Waals surface area contributed by atoms with Gasteiger partial charge in [-0.05, 0) is 49.4 Å². The molecule has 1 heterocycles. The molecule has 0 fully saturated rings. The molecule has 228 valence electrons. The largest absolute Gasteiger partial charge is 0.481 e. The Balaban J connectivity index is 1.74. The number of hydrogen-bond donors (Lipinski definition) is 6. The van der Waals surface area contributed by atoms with E-state index in [1.807, 2.05) is 0 Å². The van der Waals surface area contributed by atoms with Crippen molar-refractivity contribution in [1.29, 1.82) is 0 Å². The van der Waals surface area contributed by atoms with Gasteiger partial charge in [0.05, 0.1) is 0 Å². The van der Waals surface area contributed by atoms with Crippen molar-refractivity contribution >= 4 is 46.5 Å². The number of hydrogen-bond acceptors (Lipinski definition) is 8. The monoisotopic (exact) mass is 594 g/mol. The zero-order valence-corrected chi connectivity index (χ0v) is 23.5. The second kappa shape index (κ2) is 15.6. The van der Waals surface area contributed by atoms with Crippen LogP contribution in [0, 0.1) is 6.92 Å². The van der Waals surface area contributed by atoms with E-state index in [0.717, 1.165) is 0 Å². The number of nitrogens with two attached hydrogens (primary N) is 2. The van der Waals surface area contributed by atoms with Crippen molar-refractivity contribution in [1.82, 2.24) is 10.6 Å². The van der Waals surface area contributed by atoms with Gasteiger partial charge in [-0.1, -0.05) is 30.3 Å². The molecular formula is C29H34N6O8. The summed E-state index contributed by atoms with van der Waals surface area (Å²) in [5.74, 6) is -2.72. The van der Waals surface area contributed by atoms with E-state index >= 15 is 0 Å². The number of alkyl carbamates (subject to hydrolysis) is 1. The summed E-state index contributed by atoms with van der Waals surface area (Å²) in [6.07, 6.45) is -1.22. The minimum absolute atomic E-state index is 0.0683. The lowest BCUT2D eigenvalue weighted by atomic mass is 10.1. The van der Waals surface area contributed by atoms with E-state index in [1.165, 1.54) is 12.1 Å². The number of aryl methyl sites for hydroxylation is 1. The predicted molar refractivity (Wildman–Crippen MR) is 158 cm³/mol. The number of benzene rings is 2. The average Bonchev–Trinajstić information content (AvgIpc) is 2.95. The van der Waals surface area contributed by atoms with Crippen molar-refractivity contribution in [2.75, 3.05) is 11.9 Å². The molecule has 2 aromatic carbocycles. The van der Waals surface area contributed by atoms with Crippen LogP contribution in [0.3, 0.4) is 0 Å². The average molecular weight is 595 g/mol. The molecule has 0 aliphatic heterocycles. The highest BCUT2D eigenvalue weighted by Crippen LogP contribution is 2.21. The quantitative estimate of drug-likeness (QED) is 0.0685. The second-order valence-corrected chi connectivity index (χ2v) is 9.65. The fraction of sp³-hybridized carbons (Fsp3) is 0.310. The summed E-state index contributed by atoms with van der Waals surface area (Å²) < 4.78 is 10.4. The maximum absolute atomic E-state index is 13.3. The molecule has 2 atom stereocenters. The normalized spacial score (nSPS) is 12.0.